The van der Waals surface area contributed by atoms with Gasteiger partial charge in [0.15, 0.2) is 0 Å². The summed E-state index contributed by atoms with van der Waals surface area (Å²) >= 11 is 8.18. The fourth-order valence-corrected chi connectivity index (χ4v) is 3.65. The number of halogens is 2. The van der Waals surface area contributed by atoms with Crippen molar-refractivity contribution in [2.75, 3.05) is 6.54 Å². The number of aromatic hydroxyl groups is 1. The van der Waals surface area contributed by atoms with E-state index < -0.39 is 0 Å². The third-order valence-electron chi connectivity index (χ3n) is 2.51. The average molecular weight is 419 g/mol. The van der Waals surface area contributed by atoms with Crippen molar-refractivity contribution < 1.29 is 5.11 Å². The van der Waals surface area contributed by atoms with Crippen LogP contribution in [0.1, 0.15) is 18.2 Å². The minimum Gasteiger partial charge on any atom is -0.506 e. The van der Waals surface area contributed by atoms with Crippen LogP contribution in [0.3, 0.4) is 0 Å². The van der Waals surface area contributed by atoms with E-state index in [-0.39, 0.29) is 5.75 Å². The highest BCUT2D eigenvalue weighted by atomic mass is 79.9. The second-order valence-corrected chi connectivity index (χ2v) is 6.57. The molecule has 0 amide bonds. The van der Waals surface area contributed by atoms with Crippen LogP contribution in [0.5, 0.6) is 5.75 Å². The van der Waals surface area contributed by atoms with Crippen LogP contribution in [0.4, 0.5) is 0 Å². The van der Waals surface area contributed by atoms with Crippen molar-refractivity contribution in [2.45, 2.75) is 13.8 Å². The second-order valence-electron chi connectivity index (χ2n) is 4.02. The molecule has 0 fully saturated rings. The molecule has 7 heteroatoms. The summed E-state index contributed by atoms with van der Waals surface area (Å²) in [7, 11) is 0. The van der Waals surface area contributed by atoms with E-state index in [2.05, 4.69) is 42.0 Å². The Morgan fingerprint density at radius 2 is 2.00 bits per heavy atom. The summed E-state index contributed by atoms with van der Waals surface area (Å²) in [6.07, 6.45) is 1.74. The van der Waals surface area contributed by atoms with Crippen LogP contribution in [0.15, 0.2) is 36.6 Å². The molecule has 0 aliphatic rings. The Hall–Kier alpha value is -0.920. The van der Waals surface area contributed by atoms with Gasteiger partial charge in [0.25, 0.3) is 0 Å². The van der Waals surface area contributed by atoms with Gasteiger partial charge in [-0.2, -0.15) is 5.10 Å². The van der Waals surface area contributed by atoms with Gasteiger partial charge in [0.1, 0.15) is 5.75 Å². The minimum atomic E-state index is 0.184. The zero-order valence-corrected chi connectivity index (χ0v) is 15.0. The number of hydrogen-bond donors (Lipinski definition) is 1. The van der Waals surface area contributed by atoms with Gasteiger partial charge in [0.2, 0.25) is 4.80 Å². The Bertz CT molecular complexity index is 696. The number of aromatic nitrogens is 1. The number of hydrogen-bond acceptors (Lipinski definition) is 4. The predicted molar refractivity (Wildman–Crippen MR) is 89.6 cm³/mol. The van der Waals surface area contributed by atoms with Crippen molar-refractivity contribution in [2.24, 2.45) is 10.1 Å². The molecule has 2 aromatic rings. The summed E-state index contributed by atoms with van der Waals surface area (Å²) in [6.45, 7) is 4.72. The molecule has 0 radical (unpaired) electrons. The monoisotopic (exact) mass is 417 g/mol. The molecule has 0 aliphatic heterocycles. The maximum atomic E-state index is 9.68. The molecule has 1 heterocycles. The summed E-state index contributed by atoms with van der Waals surface area (Å²) in [5, 5.41) is 16.2. The highest BCUT2D eigenvalue weighted by molar-refractivity contribution is 9.11. The number of phenolic OH excluding ortho intramolecular Hbond substituents is 1. The first kappa shape index (κ1) is 15.5. The molecule has 20 heavy (non-hydrogen) atoms. The molecule has 106 valence electrons. The number of aryl methyl sites for hydroxylation is 1. The van der Waals surface area contributed by atoms with Crippen molar-refractivity contribution in [1.82, 2.24) is 4.68 Å². The van der Waals surface area contributed by atoms with E-state index in [0.717, 1.165) is 22.6 Å². The molecular formula is C13H13Br2N3OS. The van der Waals surface area contributed by atoms with E-state index in [4.69, 9.17) is 0 Å². The van der Waals surface area contributed by atoms with Crippen LogP contribution < -0.4 is 4.80 Å². The highest BCUT2D eigenvalue weighted by Crippen LogP contribution is 2.32. The highest BCUT2D eigenvalue weighted by Gasteiger charge is 2.05. The lowest BCUT2D eigenvalue weighted by Crippen LogP contribution is -2.12. The van der Waals surface area contributed by atoms with E-state index in [9.17, 15) is 5.11 Å². The zero-order valence-electron chi connectivity index (χ0n) is 11.0. The molecular weight excluding hydrogens is 406 g/mol. The molecule has 0 spiro atoms. The number of nitrogens with zero attached hydrogens (tertiary/aromatic N) is 3. The lowest BCUT2D eigenvalue weighted by Gasteiger charge is -2.02. The molecule has 1 N–H and O–H groups in total. The Kier molecular flexibility index (Phi) is 5.17. The predicted octanol–water partition coefficient (Wildman–Crippen LogP) is 3.89. The third-order valence-corrected chi connectivity index (χ3v) is 4.69. The van der Waals surface area contributed by atoms with Crippen molar-refractivity contribution in [3.05, 3.63) is 42.5 Å². The summed E-state index contributed by atoms with van der Waals surface area (Å²) in [5.74, 6) is 0.184. The van der Waals surface area contributed by atoms with Gasteiger partial charge in [-0.05, 0) is 63.4 Å². The summed E-state index contributed by atoms with van der Waals surface area (Å²) in [6, 6.07) is 3.62. The topological polar surface area (TPSA) is 49.9 Å². The number of phenols is 1. The minimum absolute atomic E-state index is 0.184. The summed E-state index contributed by atoms with van der Waals surface area (Å²) < 4.78 is 3.06. The van der Waals surface area contributed by atoms with Crippen LogP contribution in [0, 0.1) is 6.92 Å². The molecule has 0 aliphatic carbocycles. The second kappa shape index (κ2) is 6.69. The lowest BCUT2D eigenvalue weighted by molar-refractivity contribution is 0.468. The first-order chi connectivity index (χ1) is 9.52. The lowest BCUT2D eigenvalue weighted by atomic mass is 10.2. The Balaban J connectivity index is 2.40. The molecule has 0 saturated heterocycles. The van der Waals surface area contributed by atoms with E-state index in [1.807, 2.05) is 36.0 Å². The van der Waals surface area contributed by atoms with Gasteiger partial charge in [-0.15, -0.1) is 11.3 Å². The number of thiazole rings is 1. The van der Waals surface area contributed by atoms with E-state index >= 15 is 0 Å². The van der Waals surface area contributed by atoms with Crippen molar-refractivity contribution in [1.29, 1.82) is 0 Å². The molecule has 2 rings (SSSR count). The fraction of sp³-hybridized carbons (Fsp3) is 0.231. The van der Waals surface area contributed by atoms with Gasteiger partial charge in [0, 0.05) is 11.9 Å². The van der Waals surface area contributed by atoms with Crippen molar-refractivity contribution in [3.8, 4) is 5.75 Å². The number of rotatable bonds is 3. The van der Waals surface area contributed by atoms with Crippen LogP contribution in [0.2, 0.25) is 0 Å². The molecule has 1 aromatic heterocycles. The molecule has 0 unspecified atom stereocenters. The van der Waals surface area contributed by atoms with Crippen molar-refractivity contribution in [3.63, 3.8) is 0 Å². The van der Waals surface area contributed by atoms with Crippen LogP contribution in [0.25, 0.3) is 0 Å². The smallest absolute Gasteiger partial charge is 0.205 e. The van der Waals surface area contributed by atoms with Gasteiger partial charge in [-0.3, -0.25) is 4.99 Å². The van der Waals surface area contributed by atoms with Crippen molar-refractivity contribution >= 4 is 49.4 Å². The molecule has 4 nitrogen and oxygen atoms in total. The normalized spacial score (nSPS) is 12.5. The van der Waals surface area contributed by atoms with E-state index in [1.165, 1.54) is 0 Å². The van der Waals surface area contributed by atoms with Gasteiger partial charge >= 0.3 is 0 Å². The molecule has 1 aromatic carbocycles. The van der Waals surface area contributed by atoms with E-state index in [1.54, 1.807) is 17.6 Å². The van der Waals surface area contributed by atoms with Gasteiger partial charge in [-0.1, -0.05) is 0 Å². The summed E-state index contributed by atoms with van der Waals surface area (Å²) in [4.78, 5) is 5.27. The zero-order chi connectivity index (χ0) is 14.7. The first-order valence-corrected chi connectivity index (χ1v) is 8.39. The maximum Gasteiger partial charge on any atom is 0.205 e. The average Bonchev–Trinajstić information content (AvgIpc) is 2.75. The van der Waals surface area contributed by atoms with Crippen LogP contribution in [-0.4, -0.2) is 22.5 Å². The Morgan fingerprint density at radius 1 is 1.35 bits per heavy atom. The SMILES string of the molecule is CCN=c1scc(C)n1N=Cc1cc(Br)c(O)c(Br)c1. The third kappa shape index (κ3) is 3.39. The van der Waals surface area contributed by atoms with Gasteiger partial charge < -0.3 is 5.11 Å². The first-order valence-electron chi connectivity index (χ1n) is 5.93. The Morgan fingerprint density at radius 3 is 2.60 bits per heavy atom. The summed E-state index contributed by atoms with van der Waals surface area (Å²) in [5.41, 5.74) is 1.91. The fourth-order valence-electron chi connectivity index (χ4n) is 1.55. The molecule has 0 saturated carbocycles. The molecule has 0 atom stereocenters. The van der Waals surface area contributed by atoms with E-state index in [0.29, 0.717) is 8.95 Å². The molecule has 0 bridgehead atoms. The quantitative estimate of drug-likeness (QED) is 0.755. The Labute approximate surface area is 137 Å². The van der Waals surface area contributed by atoms with Gasteiger partial charge in [0.05, 0.1) is 20.9 Å². The van der Waals surface area contributed by atoms with Crippen LogP contribution >= 0.6 is 43.2 Å². The standard InChI is InChI=1S/C13H13Br2N3OS/c1-3-16-13-18(8(2)7-20-13)17-6-9-4-10(14)12(19)11(15)5-9/h4-7,19H,3H2,1-2H3. The maximum absolute atomic E-state index is 9.68. The van der Waals surface area contributed by atoms with Crippen LogP contribution in [-0.2, 0) is 0 Å². The van der Waals surface area contributed by atoms with Gasteiger partial charge in [-0.25, -0.2) is 4.68 Å². The number of benzene rings is 1. The largest absolute Gasteiger partial charge is 0.506 e.